The molecule has 158 valence electrons. The maximum absolute atomic E-state index is 14.0. The lowest BCUT2D eigenvalue weighted by Crippen LogP contribution is -2.31. The fourth-order valence-corrected chi connectivity index (χ4v) is 4.00. The highest BCUT2D eigenvalue weighted by Gasteiger charge is 2.48. The van der Waals surface area contributed by atoms with Crippen molar-refractivity contribution in [3.63, 3.8) is 0 Å². The van der Waals surface area contributed by atoms with E-state index >= 15 is 0 Å². The highest BCUT2D eigenvalue weighted by Crippen LogP contribution is 2.39. The summed E-state index contributed by atoms with van der Waals surface area (Å²) >= 11 is 0. The predicted octanol–water partition coefficient (Wildman–Crippen LogP) is 3.83. The van der Waals surface area contributed by atoms with Gasteiger partial charge in [-0.1, -0.05) is 17.7 Å². The number of fused-ring (bicyclic) bond motifs is 1. The molecule has 4 rings (SSSR count). The number of non-ortho nitro benzene ring substituents is 1. The zero-order chi connectivity index (χ0) is 22.3. The molecule has 2 aliphatic rings. The topological polar surface area (TPSA) is 110 Å². The van der Waals surface area contributed by atoms with Crippen molar-refractivity contribution in [2.45, 2.75) is 19.8 Å². The van der Waals surface area contributed by atoms with E-state index in [2.05, 4.69) is 5.32 Å². The Balaban J connectivity index is 1.59. The van der Waals surface area contributed by atoms with Crippen molar-refractivity contribution < 1.29 is 23.7 Å². The van der Waals surface area contributed by atoms with Crippen LogP contribution in [0.4, 0.5) is 21.5 Å². The molecule has 9 heteroatoms. The first-order valence-electron chi connectivity index (χ1n) is 9.65. The van der Waals surface area contributed by atoms with E-state index in [-0.39, 0.29) is 34.4 Å². The molecule has 0 aromatic heterocycles. The van der Waals surface area contributed by atoms with Crippen LogP contribution in [0.25, 0.3) is 0 Å². The lowest BCUT2D eigenvalue weighted by molar-refractivity contribution is -0.384. The molecule has 0 spiro atoms. The summed E-state index contributed by atoms with van der Waals surface area (Å²) in [6.45, 7) is 1.93. The van der Waals surface area contributed by atoms with Gasteiger partial charge in [0.25, 0.3) is 11.6 Å². The molecular weight excluding hydrogens is 405 g/mol. The molecule has 0 radical (unpaired) electrons. The van der Waals surface area contributed by atoms with Crippen molar-refractivity contribution in [2.75, 3.05) is 10.2 Å². The molecule has 31 heavy (non-hydrogen) atoms. The quantitative estimate of drug-likeness (QED) is 0.348. The Morgan fingerprint density at radius 2 is 1.90 bits per heavy atom. The number of anilines is 2. The molecule has 0 saturated carbocycles. The first-order chi connectivity index (χ1) is 14.8. The number of carbonyl (C=O) groups is 3. The minimum atomic E-state index is -0.827. The maximum atomic E-state index is 14.0. The number of carbonyl (C=O) groups excluding carboxylic acids is 3. The summed E-state index contributed by atoms with van der Waals surface area (Å²) in [5.74, 6) is -2.98. The Bertz CT molecular complexity index is 1160. The van der Waals surface area contributed by atoms with Gasteiger partial charge in [0.05, 0.1) is 28.1 Å². The number of hydrogen-bond acceptors (Lipinski definition) is 5. The van der Waals surface area contributed by atoms with E-state index in [1.165, 1.54) is 18.2 Å². The number of nitro benzene ring substituents is 1. The highest BCUT2D eigenvalue weighted by molar-refractivity contribution is 6.22. The van der Waals surface area contributed by atoms with Gasteiger partial charge in [0, 0.05) is 17.7 Å². The molecule has 0 unspecified atom stereocenters. The second-order valence-electron chi connectivity index (χ2n) is 7.64. The summed E-state index contributed by atoms with van der Waals surface area (Å²) in [5, 5.41) is 13.2. The molecular formula is C22H18FN3O5. The van der Waals surface area contributed by atoms with E-state index in [9.17, 15) is 28.9 Å². The Labute approximate surface area is 176 Å². The third-order valence-corrected chi connectivity index (χ3v) is 5.60. The zero-order valence-corrected chi connectivity index (χ0v) is 16.5. The van der Waals surface area contributed by atoms with Crippen molar-refractivity contribution in [3.8, 4) is 0 Å². The van der Waals surface area contributed by atoms with Crippen LogP contribution in [-0.2, 0) is 9.59 Å². The third-order valence-electron chi connectivity index (χ3n) is 5.60. The van der Waals surface area contributed by atoms with E-state index < -0.39 is 28.5 Å². The average Bonchev–Trinajstić information content (AvgIpc) is 2.99. The fraction of sp³-hybridized carbons (Fsp3) is 0.227. The van der Waals surface area contributed by atoms with Crippen LogP contribution in [0.5, 0.6) is 0 Å². The highest BCUT2D eigenvalue weighted by atomic mass is 19.1. The van der Waals surface area contributed by atoms with Crippen LogP contribution >= 0.6 is 0 Å². The van der Waals surface area contributed by atoms with Crippen molar-refractivity contribution in [1.82, 2.24) is 0 Å². The third kappa shape index (κ3) is 3.70. The molecule has 0 bridgehead atoms. The molecule has 1 heterocycles. The van der Waals surface area contributed by atoms with Crippen LogP contribution < -0.4 is 10.2 Å². The van der Waals surface area contributed by atoms with Gasteiger partial charge in [-0.3, -0.25) is 29.4 Å². The standard InChI is InChI=1S/C22H18FN3O5/c1-12-5-7-16-17(9-12)22(29)25(21(16)28)14-4-2-3-13(10-14)20(27)24-19-11-15(26(30)31)6-8-18(19)23/h2-6,8,10-11,16-17H,7,9H2,1H3,(H,24,27)/t16-,17+/m0/s1. The number of nitrogens with zero attached hydrogens (tertiary/aromatic N) is 2. The van der Waals surface area contributed by atoms with Crippen molar-refractivity contribution >= 4 is 34.8 Å². The number of hydrogen-bond donors (Lipinski definition) is 1. The Morgan fingerprint density at radius 1 is 1.16 bits per heavy atom. The molecule has 1 N–H and O–H groups in total. The van der Waals surface area contributed by atoms with Crippen molar-refractivity contribution in [2.24, 2.45) is 11.8 Å². The molecule has 1 aliphatic heterocycles. The number of imide groups is 1. The maximum Gasteiger partial charge on any atom is 0.271 e. The van der Waals surface area contributed by atoms with E-state index in [1.54, 1.807) is 6.07 Å². The first kappa shape index (κ1) is 20.4. The minimum Gasteiger partial charge on any atom is -0.319 e. The lowest BCUT2D eigenvalue weighted by Gasteiger charge is -2.18. The first-order valence-corrected chi connectivity index (χ1v) is 9.65. The normalized spacial score (nSPS) is 20.3. The minimum absolute atomic E-state index is 0.0770. The number of nitrogens with one attached hydrogen (secondary N) is 1. The second-order valence-corrected chi connectivity index (χ2v) is 7.64. The van der Waals surface area contributed by atoms with Crippen LogP contribution in [0.1, 0.15) is 30.1 Å². The predicted molar refractivity (Wildman–Crippen MR) is 110 cm³/mol. The van der Waals surface area contributed by atoms with E-state index in [1.807, 2.05) is 13.0 Å². The van der Waals surface area contributed by atoms with Gasteiger partial charge in [-0.05, 0) is 44.0 Å². The monoisotopic (exact) mass is 423 g/mol. The zero-order valence-electron chi connectivity index (χ0n) is 16.5. The molecule has 1 fully saturated rings. The summed E-state index contributed by atoms with van der Waals surface area (Å²) in [5.41, 5.74) is 0.689. The number of nitro groups is 1. The Kier molecular flexibility index (Phi) is 5.10. The summed E-state index contributed by atoms with van der Waals surface area (Å²) in [7, 11) is 0. The fourth-order valence-electron chi connectivity index (χ4n) is 4.00. The summed E-state index contributed by atoms with van der Waals surface area (Å²) in [6, 6.07) is 8.69. The Morgan fingerprint density at radius 3 is 2.65 bits per heavy atom. The van der Waals surface area contributed by atoms with Gasteiger partial charge in [0.2, 0.25) is 11.8 Å². The summed E-state index contributed by atoms with van der Waals surface area (Å²) in [6.07, 6.45) is 3.00. The van der Waals surface area contributed by atoms with Gasteiger partial charge >= 0.3 is 0 Å². The van der Waals surface area contributed by atoms with Crippen LogP contribution in [0, 0.1) is 27.8 Å². The number of rotatable bonds is 4. The Hall–Kier alpha value is -3.88. The van der Waals surface area contributed by atoms with E-state index in [0.717, 1.165) is 28.7 Å². The smallest absolute Gasteiger partial charge is 0.271 e. The lowest BCUT2D eigenvalue weighted by atomic mass is 9.82. The van der Waals surface area contributed by atoms with Gasteiger partial charge in [-0.15, -0.1) is 0 Å². The number of allylic oxidation sites excluding steroid dienone is 2. The van der Waals surface area contributed by atoms with Gasteiger partial charge in [-0.2, -0.15) is 0 Å². The number of benzene rings is 2. The van der Waals surface area contributed by atoms with E-state index in [4.69, 9.17) is 0 Å². The molecule has 1 aliphatic carbocycles. The average molecular weight is 423 g/mol. The van der Waals surface area contributed by atoms with Gasteiger partial charge < -0.3 is 5.32 Å². The summed E-state index contributed by atoms with van der Waals surface area (Å²) < 4.78 is 14.0. The molecule has 3 amide bonds. The molecule has 1 saturated heterocycles. The number of amides is 3. The number of halogens is 1. The van der Waals surface area contributed by atoms with Crippen LogP contribution in [0.2, 0.25) is 0 Å². The summed E-state index contributed by atoms with van der Waals surface area (Å²) in [4.78, 5) is 49.6. The van der Waals surface area contributed by atoms with Crippen molar-refractivity contribution in [1.29, 1.82) is 0 Å². The van der Waals surface area contributed by atoms with Crippen LogP contribution in [0.3, 0.4) is 0 Å². The molecule has 8 nitrogen and oxygen atoms in total. The van der Waals surface area contributed by atoms with Crippen molar-refractivity contribution in [3.05, 3.63) is 75.6 Å². The SMILES string of the molecule is CC1=CC[C@@H]2C(=O)N(c3cccc(C(=O)Nc4cc([N+](=O)[O-])ccc4F)c3)C(=O)[C@@H]2C1. The van der Waals surface area contributed by atoms with Gasteiger partial charge in [-0.25, -0.2) is 4.39 Å². The van der Waals surface area contributed by atoms with Gasteiger partial charge in [0.15, 0.2) is 0 Å². The largest absolute Gasteiger partial charge is 0.319 e. The molecule has 2 aromatic carbocycles. The second kappa shape index (κ2) is 7.75. The molecule has 2 aromatic rings. The molecule has 2 atom stereocenters. The van der Waals surface area contributed by atoms with Crippen LogP contribution in [-0.4, -0.2) is 22.6 Å². The van der Waals surface area contributed by atoms with Crippen LogP contribution in [0.15, 0.2) is 54.1 Å². The van der Waals surface area contributed by atoms with E-state index in [0.29, 0.717) is 12.8 Å². The van der Waals surface area contributed by atoms with Gasteiger partial charge in [0.1, 0.15) is 5.82 Å².